The lowest BCUT2D eigenvalue weighted by molar-refractivity contribution is 0.629. The van der Waals surface area contributed by atoms with Crippen LogP contribution in [0.5, 0.6) is 0 Å². The average molecular weight is 216 g/mol. The van der Waals surface area contributed by atoms with E-state index in [4.69, 9.17) is 0 Å². The third-order valence-corrected chi connectivity index (χ3v) is 2.39. The highest BCUT2D eigenvalue weighted by molar-refractivity contribution is 5.63. The highest BCUT2D eigenvalue weighted by atomic mass is 19.1. The van der Waals surface area contributed by atoms with Gasteiger partial charge in [0.2, 0.25) is 0 Å². The molecule has 0 saturated carbocycles. The Hall–Kier alpha value is -1.90. The molecule has 0 fully saturated rings. The molecular formula is C13H11FNO. The van der Waals surface area contributed by atoms with Gasteiger partial charge in [-0.25, -0.2) is 4.39 Å². The topological polar surface area (TPSA) is 32.9 Å². The zero-order valence-electron chi connectivity index (χ0n) is 9.10. The number of halogens is 1. The number of pyridine rings is 1. The molecule has 2 aromatic rings. The van der Waals surface area contributed by atoms with Gasteiger partial charge in [-0.05, 0) is 49.7 Å². The van der Waals surface area contributed by atoms with Crippen molar-refractivity contribution >= 4 is 0 Å². The zero-order valence-corrected chi connectivity index (χ0v) is 9.10. The number of benzene rings is 1. The summed E-state index contributed by atoms with van der Waals surface area (Å²) in [7, 11) is 0. The lowest BCUT2D eigenvalue weighted by Gasteiger charge is -2.03. The van der Waals surface area contributed by atoms with Gasteiger partial charge in [-0.15, -0.1) is 0 Å². The van der Waals surface area contributed by atoms with Crippen LogP contribution in [0.2, 0.25) is 0 Å². The van der Waals surface area contributed by atoms with Crippen molar-refractivity contribution in [3.8, 4) is 11.1 Å². The van der Waals surface area contributed by atoms with Crippen LogP contribution < -0.4 is 5.56 Å². The van der Waals surface area contributed by atoms with Crippen molar-refractivity contribution in [2.75, 3.05) is 0 Å². The maximum atomic E-state index is 13.6. The lowest BCUT2D eigenvalue weighted by atomic mass is 10.0. The van der Waals surface area contributed by atoms with Crippen molar-refractivity contribution in [3.63, 3.8) is 0 Å². The molecule has 2 rings (SSSR count). The highest BCUT2D eigenvalue weighted by Crippen LogP contribution is 2.19. The van der Waals surface area contributed by atoms with Crippen LogP contribution in [0.3, 0.4) is 0 Å². The van der Waals surface area contributed by atoms with E-state index in [2.05, 4.69) is 11.1 Å². The summed E-state index contributed by atoms with van der Waals surface area (Å²) >= 11 is 0. The van der Waals surface area contributed by atoms with Crippen LogP contribution in [-0.2, 0) is 0 Å². The third kappa shape index (κ3) is 1.89. The first-order chi connectivity index (χ1) is 7.58. The number of hydrogen-bond acceptors (Lipinski definition) is 1. The van der Waals surface area contributed by atoms with Gasteiger partial charge in [0.25, 0.3) is 5.56 Å². The van der Waals surface area contributed by atoms with E-state index in [1.807, 2.05) is 0 Å². The molecule has 0 spiro atoms. The van der Waals surface area contributed by atoms with E-state index in [9.17, 15) is 9.18 Å². The summed E-state index contributed by atoms with van der Waals surface area (Å²) in [5.41, 5.74) is 1.80. The Morgan fingerprint density at radius 3 is 2.62 bits per heavy atom. The van der Waals surface area contributed by atoms with Gasteiger partial charge in [-0.1, -0.05) is 0 Å². The zero-order chi connectivity index (χ0) is 11.7. The minimum atomic E-state index is -0.398. The molecule has 1 N–H and O–H groups in total. The molecule has 16 heavy (non-hydrogen) atoms. The van der Waals surface area contributed by atoms with E-state index < -0.39 is 5.82 Å². The molecule has 1 aromatic heterocycles. The average Bonchev–Trinajstić information content (AvgIpc) is 2.19. The van der Waals surface area contributed by atoms with Crippen LogP contribution in [0, 0.1) is 25.7 Å². The van der Waals surface area contributed by atoms with Crippen molar-refractivity contribution in [2.24, 2.45) is 0 Å². The van der Waals surface area contributed by atoms with Crippen molar-refractivity contribution in [2.45, 2.75) is 13.8 Å². The number of rotatable bonds is 1. The molecule has 81 valence electrons. The molecule has 1 heterocycles. The van der Waals surface area contributed by atoms with E-state index in [0.29, 0.717) is 11.1 Å². The quantitative estimate of drug-likeness (QED) is 0.780. The van der Waals surface area contributed by atoms with Gasteiger partial charge in [0, 0.05) is 16.8 Å². The summed E-state index contributed by atoms with van der Waals surface area (Å²) in [6.07, 6.45) is 0. The predicted octanol–water partition coefficient (Wildman–Crippen LogP) is 2.60. The Balaban J connectivity index is 2.63. The van der Waals surface area contributed by atoms with Crippen LogP contribution in [0.15, 0.2) is 29.1 Å². The molecule has 3 heteroatoms. The van der Waals surface area contributed by atoms with Crippen molar-refractivity contribution in [3.05, 3.63) is 57.8 Å². The van der Waals surface area contributed by atoms with Crippen LogP contribution in [0.25, 0.3) is 11.1 Å². The first kappa shape index (κ1) is 10.6. The van der Waals surface area contributed by atoms with Gasteiger partial charge in [-0.3, -0.25) is 4.79 Å². The largest absolute Gasteiger partial charge is 0.326 e. The molecular weight excluding hydrogens is 205 g/mol. The SMILES string of the molecule is Cc1[c]cc(-c2ccc(C)[nH]c2=O)c(F)c1. The third-order valence-electron chi connectivity index (χ3n) is 2.39. The first-order valence-electron chi connectivity index (χ1n) is 4.96. The molecule has 1 aromatic carbocycles. The second-order valence-electron chi connectivity index (χ2n) is 3.76. The molecule has 0 atom stereocenters. The van der Waals surface area contributed by atoms with Crippen LogP contribution in [0.1, 0.15) is 11.3 Å². The Morgan fingerprint density at radius 1 is 1.25 bits per heavy atom. The van der Waals surface area contributed by atoms with Crippen molar-refractivity contribution in [1.82, 2.24) is 4.98 Å². The Morgan fingerprint density at radius 2 is 2.00 bits per heavy atom. The Bertz CT molecular complexity index is 587. The molecule has 0 unspecified atom stereocenters. The predicted molar refractivity (Wildman–Crippen MR) is 60.8 cm³/mol. The van der Waals surface area contributed by atoms with Crippen molar-refractivity contribution < 1.29 is 4.39 Å². The normalized spacial score (nSPS) is 10.4. The number of aromatic nitrogens is 1. The fourth-order valence-electron chi connectivity index (χ4n) is 1.56. The minimum absolute atomic E-state index is 0.281. The summed E-state index contributed by atoms with van der Waals surface area (Å²) in [6.45, 7) is 3.54. The van der Waals surface area contributed by atoms with E-state index in [-0.39, 0.29) is 11.1 Å². The summed E-state index contributed by atoms with van der Waals surface area (Å²) in [4.78, 5) is 14.3. The molecule has 0 bridgehead atoms. The van der Waals surface area contributed by atoms with Crippen LogP contribution in [-0.4, -0.2) is 4.98 Å². The first-order valence-corrected chi connectivity index (χ1v) is 4.96. The van der Waals surface area contributed by atoms with Gasteiger partial charge in [0.05, 0.1) is 0 Å². The van der Waals surface area contributed by atoms with Crippen LogP contribution in [0.4, 0.5) is 4.39 Å². The number of nitrogens with one attached hydrogen (secondary N) is 1. The highest BCUT2D eigenvalue weighted by Gasteiger charge is 2.08. The number of aryl methyl sites for hydroxylation is 2. The Labute approximate surface area is 92.8 Å². The van der Waals surface area contributed by atoms with E-state index >= 15 is 0 Å². The summed E-state index contributed by atoms with van der Waals surface area (Å²) < 4.78 is 13.6. The fraction of sp³-hybridized carbons (Fsp3) is 0.154. The second kappa shape index (κ2) is 3.93. The lowest BCUT2D eigenvalue weighted by Crippen LogP contribution is -2.10. The van der Waals surface area contributed by atoms with Crippen molar-refractivity contribution in [1.29, 1.82) is 0 Å². The summed E-state index contributed by atoms with van der Waals surface area (Å²) in [5, 5.41) is 0. The molecule has 1 radical (unpaired) electrons. The minimum Gasteiger partial charge on any atom is -0.326 e. The van der Waals surface area contributed by atoms with E-state index in [1.54, 1.807) is 26.0 Å². The second-order valence-corrected chi connectivity index (χ2v) is 3.76. The van der Waals surface area contributed by atoms with Gasteiger partial charge in [0.15, 0.2) is 0 Å². The molecule has 0 aliphatic carbocycles. The van der Waals surface area contributed by atoms with Gasteiger partial charge < -0.3 is 4.98 Å². The maximum absolute atomic E-state index is 13.6. The summed E-state index contributed by atoms with van der Waals surface area (Å²) in [5.74, 6) is -0.398. The molecule has 0 aliphatic rings. The molecule has 0 aliphatic heterocycles. The standard InChI is InChI=1S/C13H11FNO/c1-8-3-5-10(12(14)7-8)11-6-4-9(2)15-13(11)16/h4-7H,1-2H3,(H,15,16). The van der Waals surface area contributed by atoms with Gasteiger partial charge in [-0.2, -0.15) is 0 Å². The smallest absolute Gasteiger partial charge is 0.256 e. The van der Waals surface area contributed by atoms with Gasteiger partial charge in [0.1, 0.15) is 5.82 Å². The Kier molecular flexibility index (Phi) is 2.60. The number of H-pyrrole nitrogens is 1. The van der Waals surface area contributed by atoms with E-state index in [0.717, 1.165) is 5.69 Å². The summed E-state index contributed by atoms with van der Waals surface area (Å²) in [6, 6.07) is 9.13. The number of hydrogen-bond donors (Lipinski definition) is 1. The van der Waals surface area contributed by atoms with E-state index in [1.165, 1.54) is 12.1 Å². The monoisotopic (exact) mass is 216 g/mol. The molecule has 0 amide bonds. The van der Waals surface area contributed by atoms with Crippen LogP contribution >= 0.6 is 0 Å². The number of aromatic amines is 1. The molecule has 2 nitrogen and oxygen atoms in total. The van der Waals surface area contributed by atoms with Gasteiger partial charge >= 0.3 is 0 Å². The maximum Gasteiger partial charge on any atom is 0.256 e. The molecule has 0 saturated heterocycles. The fourth-order valence-corrected chi connectivity index (χ4v) is 1.56.